The summed E-state index contributed by atoms with van der Waals surface area (Å²) in [5, 5.41) is 23.8. The van der Waals surface area contributed by atoms with Crippen LogP contribution in [-0.4, -0.2) is 32.5 Å². The first-order valence-electron chi connectivity index (χ1n) is 4.95. The van der Waals surface area contributed by atoms with E-state index in [0.717, 1.165) is 0 Å². The first kappa shape index (κ1) is 16.4. The van der Waals surface area contributed by atoms with E-state index < -0.39 is 11.9 Å². The van der Waals surface area contributed by atoms with Crippen LogP contribution in [0.15, 0.2) is 18.2 Å². The second kappa shape index (κ2) is 6.66. The molecular formula is C10H8Br2N2O6. The van der Waals surface area contributed by atoms with Gasteiger partial charge >= 0.3 is 11.9 Å². The van der Waals surface area contributed by atoms with Crippen molar-refractivity contribution in [3.63, 3.8) is 0 Å². The fraction of sp³-hybridized carbons (Fsp3) is 0.200. The van der Waals surface area contributed by atoms with Crippen LogP contribution in [0, 0.1) is 13.8 Å². The van der Waals surface area contributed by atoms with Gasteiger partial charge in [-0.15, -0.1) is 0 Å². The molecule has 2 aromatic rings. The third-order valence-electron chi connectivity index (χ3n) is 2.02. The zero-order chi connectivity index (χ0) is 15.4. The van der Waals surface area contributed by atoms with Crippen LogP contribution in [-0.2, 0) is 0 Å². The maximum absolute atomic E-state index is 10.4. The Hall–Kier alpha value is -1.68. The van der Waals surface area contributed by atoms with Crippen molar-refractivity contribution < 1.29 is 28.8 Å². The van der Waals surface area contributed by atoms with Crippen molar-refractivity contribution in [2.45, 2.75) is 13.8 Å². The minimum atomic E-state index is -1.12. The van der Waals surface area contributed by atoms with Crippen molar-refractivity contribution in [2.24, 2.45) is 0 Å². The van der Waals surface area contributed by atoms with Gasteiger partial charge < -0.3 is 19.3 Å². The number of nitrogens with zero attached hydrogens (tertiary/aromatic N) is 2. The van der Waals surface area contributed by atoms with Crippen LogP contribution in [0.2, 0.25) is 0 Å². The monoisotopic (exact) mass is 410 g/mol. The molecule has 0 aliphatic heterocycles. The first-order chi connectivity index (χ1) is 9.25. The summed E-state index contributed by atoms with van der Waals surface area (Å²) in [4.78, 5) is 20.6. The highest BCUT2D eigenvalue weighted by atomic mass is 79.9. The standard InChI is InChI=1S/2C5H4BrNO3/c1-2-3(6)4(5(8)9)10-7-2;1-2-3(5(8)9)4(6)10-7-2/h2*1H3,(H,8,9). The molecule has 20 heavy (non-hydrogen) atoms. The highest BCUT2D eigenvalue weighted by Crippen LogP contribution is 2.20. The zero-order valence-corrected chi connectivity index (χ0v) is 13.3. The minimum absolute atomic E-state index is 0.0833. The van der Waals surface area contributed by atoms with Crippen LogP contribution >= 0.6 is 31.9 Å². The predicted molar refractivity (Wildman–Crippen MR) is 71.8 cm³/mol. The lowest BCUT2D eigenvalue weighted by atomic mass is 10.3. The van der Waals surface area contributed by atoms with E-state index in [-0.39, 0.29) is 16.0 Å². The van der Waals surface area contributed by atoms with Gasteiger partial charge in [-0.3, -0.25) is 0 Å². The van der Waals surface area contributed by atoms with Crippen LogP contribution in [0.1, 0.15) is 32.3 Å². The predicted octanol–water partition coefficient (Wildman–Crippen LogP) is 2.89. The Morgan fingerprint density at radius 2 is 1.55 bits per heavy atom. The Bertz CT molecular complexity index is 629. The number of hydrogen-bond donors (Lipinski definition) is 2. The number of aromatic nitrogens is 2. The molecule has 2 rings (SSSR count). The molecule has 0 unspecified atom stereocenters. The van der Waals surface area contributed by atoms with Crippen LogP contribution in [0.25, 0.3) is 0 Å². The fourth-order valence-electron chi connectivity index (χ4n) is 1.07. The maximum atomic E-state index is 10.4. The van der Waals surface area contributed by atoms with E-state index in [0.29, 0.717) is 15.9 Å². The summed E-state index contributed by atoms with van der Waals surface area (Å²) in [6, 6.07) is 0. The van der Waals surface area contributed by atoms with Crippen LogP contribution in [0.4, 0.5) is 0 Å². The topological polar surface area (TPSA) is 127 Å². The van der Waals surface area contributed by atoms with Crippen LogP contribution in [0.5, 0.6) is 0 Å². The van der Waals surface area contributed by atoms with E-state index in [2.05, 4.69) is 51.2 Å². The minimum Gasteiger partial charge on any atom is -0.477 e. The molecule has 2 aromatic heterocycles. The summed E-state index contributed by atoms with van der Waals surface area (Å²) in [6.45, 7) is 3.22. The lowest BCUT2D eigenvalue weighted by Crippen LogP contribution is -1.97. The van der Waals surface area contributed by atoms with Crippen molar-refractivity contribution >= 4 is 43.8 Å². The van der Waals surface area contributed by atoms with Gasteiger partial charge in [0.2, 0.25) is 4.67 Å². The maximum Gasteiger partial charge on any atom is 0.375 e. The molecule has 0 aromatic carbocycles. The molecule has 108 valence electrons. The van der Waals surface area contributed by atoms with E-state index in [1.807, 2.05) is 0 Å². The summed E-state index contributed by atoms with van der Waals surface area (Å²) in [7, 11) is 0. The van der Waals surface area contributed by atoms with Crippen LogP contribution < -0.4 is 0 Å². The molecular weight excluding hydrogens is 404 g/mol. The Morgan fingerprint density at radius 3 is 1.75 bits per heavy atom. The average molecular weight is 412 g/mol. The summed E-state index contributed by atoms with van der Waals surface area (Å²) < 4.78 is 9.57. The molecule has 0 amide bonds. The molecule has 0 saturated heterocycles. The van der Waals surface area contributed by atoms with Gasteiger partial charge in [0.15, 0.2) is 0 Å². The summed E-state index contributed by atoms with van der Waals surface area (Å²) in [5.41, 5.74) is 0.997. The largest absolute Gasteiger partial charge is 0.477 e. The summed E-state index contributed by atoms with van der Waals surface area (Å²) in [5.74, 6) is -2.31. The zero-order valence-electron chi connectivity index (χ0n) is 10.2. The summed E-state index contributed by atoms with van der Waals surface area (Å²) >= 11 is 5.92. The quantitative estimate of drug-likeness (QED) is 0.772. The third-order valence-corrected chi connectivity index (χ3v) is 3.50. The van der Waals surface area contributed by atoms with Crippen molar-refractivity contribution in [2.75, 3.05) is 0 Å². The number of halogens is 2. The first-order valence-corrected chi connectivity index (χ1v) is 6.54. The van der Waals surface area contributed by atoms with Gasteiger partial charge in [-0.2, -0.15) is 0 Å². The normalized spacial score (nSPS) is 9.80. The number of rotatable bonds is 2. The van der Waals surface area contributed by atoms with E-state index in [9.17, 15) is 9.59 Å². The number of carboxylic acid groups (broad SMARTS) is 2. The second-order valence-electron chi connectivity index (χ2n) is 3.44. The molecule has 0 aliphatic carbocycles. The number of aromatic carboxylic acids is 2. The van der Waals surface area contributed by atoms with E-state index in [1.54, 1.807) is 13.8 Å². The van der Waals surface area contributed by atoms with Crippen molar-refractivity contribution in [1.82, 2.24) is 10.3 Å². The molecule has 0 atom stereocenters. The molecule has 0 spiro atoms. The molecule has 8 nitrogen and oxygen atoms in total. The van der Waals surface area contributed by atoms with E-state index in [1.165, 1.54) is 0 Å². The van der Waals surface area contributed by atoms with Crippen molar-refractivity contribution in [3.8, 4) is 0 Å². The SMILES string of the molecule is Cc1noc(Br)c1C(=O)O.Cc1noc(C(=O)O)c1Br. The molecule has 10 heteroatoms. The molecule has 2 heterocycles. The van der Waals surface area contributed by atoms with Crippen LogP contribution in [0.3, 0.4) is 0 Å². The van der Waals surface area contributed by atoms with E-state index in [4.69, 9.17) is 10.2 Å². The molecule has 2 N–H and O–H groups in total. The van der Waals surface area contributed by atoms with Gasteiger partial charge in [-0.05, 0) is 45.7 Å². The van der Waals surface area contributed by atoms with Gasteiger partial charge in [-0.1, -0.05) is 10.3 Å². The lowest BCUT2D eigenvalue weighted by Gasteiger charge is -1.85. The smallest absolute Gasteiger partial charge is 0.375 e. The Balaban J connectivity index is 0.000000200. The Kier molecular flexibility index (Phi) is 5.45. The van der Waals surface area contributed by atoms with Gasteiger partial charge in [0, 0.05) is 0 Å². The van der Waals surface area contributed by atoms with Crippen molar-refractivity contribution in [3.05, 3.63) is 31.9 Å². The van der Waals surface area contributed by atoms with Gasteiger partial charge in [0.1, 0.15) is 5.56 Å². The molecule has 0 bridgehead atoms. The third kappa shape index (κ3) is 3.67. The highest BCUT2D eigenvalue weighted by Gasteiger charge is 2.17. The second-order valence-corrected chi connectivity index (χ2v) is 4.95. The van der Waals surface area contributed by atoms with Gasteiger partial charge in [0.25, 0.3) is 5.76 Å². The van der Waals surface area contributed by atoms with Gasteiger partial charge in [-0.25, -0.2) is 9.59 Å². The number of hydrogen-bond acceptors (Lipinski definition) is 6. The summed E-state index contributed by atoms with van der Waals surface area (Å²) in [6.07, 6.45) is 0. The van der Waals surface area contributed by atoms with E-state index >= 15 is 0 Å². The lowest BCUT2D eigenvalue weighted by molar-refractivity contribution is 0.0648. The molecule has 0 aliphatic rings. The number of carbonyl (C=O) groups is 2. The Labute approximate surface area is 129 Å². The fourth-order valence-corrected chi connectivity index (χ4v) is 1.92. The van der Waals surface area contributed by atoms with Gasteiger partial charge in [0.05, 0.1) is 15.9 Å². The number of carboxylic acids is 2. The highest BCUT2D eigenvalue weighted by molar-refractivity contribution is 9.10. The Morgan fingerprint density at radius 1 is 1.00 bits per heavy atom. The molecule has 0 saturated carbocycles. The number of aryl methyl sites for hydroxylation is 2. The van der Waals surface area contributed by atoms with Crippen molar-refractivity contribution in [1.29, 1.82) is 0 Å². The molecule has 0 fully saturated rings. The molecule has 0 radical (unpaired) electrons. The average Bonchev–Trinajstić information content (AvgIpc) is 2.84.